The summed E-state index contributed by atoms with van der Waals surface area (Å²) in [5.74, 6) is 0.825. The maximum absolute atomic E-state index is 13.8. The Morgan fingerprint density at radius 2 is 1.38 bits per heavy atom. The number of benzene rings is 4. The van der Waals surface area contributed by atoms with Gasteiger partial charge in [-0.1, -0.05) is 48.0 Å². The van der Waals surface area contributed by atoms with Gasteiger partial charge in [0.05, 0.1) is 16.6 Å². The summed E-state index contributed by atoms with van der Waals surface area (Å²) in [5, 5.41) is 2.99. The second kappa shape index (κ2) is 11.7. The lowest BCUT2D eigenvalue weighted by atomic mass is 9.96. The number of anilines is 1. The standard InChI is InChI=1S/C32H34N2O4S/c1-22-11-17-30(18-12-22)39(36,37)34(27-13-15-29(16-14-27)38-28-9-7-6-8-10-28)21-32(35)33-26(5)31-20-24(3)23(2)19-25(31)4/h6-20,26H,21H2,1-5H3,(H,33,35). The van der Waals surface area contributed by atoms with Gasteiger partial charge in [-0.2, -0.15) is 0 Å². The molecule has 4 aromatic rings. The molecule has 4 rings (SSSR count). The first-order chi connectivity index (χ1) is 18.5. The fraction of sp³-hybridized carbons (Fsp3) is 0.219. The monoisotopic (exact) mass is 542 g/mol. The normalized spacial score (nSPS) is 12.0. The molecule has 1 atom stereocenters. The van der Waals surface area contributed by atoms with Gasteiger partial charge in [-0.25, -0.2) is 8.42 Å². The van der Waals surface area contributed by atoms with E-state index < -0.39 is 15.9 Å². The summed E-state index contributed by atoms with van der Waals surface area (Å²) in [6, 6.07) is 26.5. The molecule has 0 aliphatic heterocycles. The van der Waals surface area contributed by atoms with E-state index in [2.05, 4.69) is 24.4 Å². The van der Waals surface area contributed by atoms with E-state index in [1.54, 1.807) is 48.5 Å². The Hall–Kier alpha value is -4.10. The molecule has 0 aromatic heterocycles. The molecule has 0 bridgehead atoms. The molecule has 1 amide bonds. The molecule has 7 heteroatoms. The van der Waals surface area contributed by atoms with Crippen molar-refractivity contribution in [3.05, 3.63) is 119 Å². The van der Waals surface area contributed by atoms with E-state index in [9.17, 15) is 13.2 Å². The molecule has 0 aliphatic rings. The number of ether oxygens (including phenoxy) is 1. The number of sulfonamides is 1. The number of amides is 1. The second-order valence-corrected chi connectivity index (χ2v) is 11.7. The molecule has 0 saturated carbocycles. The van der Waals surface area contributed by atoms with Gasteiger partial charge in [0.15, 0.2) is 0 Å². The van der Waals surface area contributed by atoms with Crippen LogP contribution >= 0.6 is 0 Å². The van der Waals surface area contributed by atoms with Crippen molar-refractivity contribution in [2.24, 2.45) is 0 Å². The van der Waals surface area contributed by atoms with Crippen LogP contribution in [0.5, 0.6) is 11.5 Å². The Morgan fingerprint density at radius 1 is 0.795 bits per heavy atom. The molecule has 6 nitrogen and oxygen atoms in total. The average molecular weight is 543 g/mol. The highest BCUT2D eigenvalue weighted by molar-refractivity contribution is 7.92. The Labute approximate surface area is 231 Å². The highest BCUT2D eigenvalue weighted by Gasteiger charge is 2.28. The molecular formula is C32H34N2O4S. The van der Waals surface area contributed by atoms with Crippen molar-refractivity contribution < 1.29 is 17.9 Å². The summed E-state index contributed by atoms with van der Waals surface area (Å²) in [6.07, 6.45) is 0. The van der Waals surface area contributed by atoms with Crippen molar-refractivity contribution in [1.29, 1.82) is 0 Å². The fourth-order valence-electron chi connectivity index (χ4n) is 4.40. The summed E-state index contributed by atoms with van der Waals surface area (Å²) in [4.78, 5) is 13.4. The summed E-state index contributed by atoms with van der Waals surface area (Å²) < 4.78 is 34.5. The molecule has 0 saturated heterocycles. The Bertz CT molecular complexity index is 1550. The zero-order chi connectivity index (χ0) is 28.2. The molecule has 0 aliphatic carbocycles. The van der Waals surface area contributed by atoms with Crippen LogP contribution in [-0.4, -0.2) is 20.9 Å². The van der Waals surface area contributed by atoms with E-state index >= 15 is 0 Å². The lowest BCUT2D eigenvalue weighted by Gasteiger charge is -2.26. The minimum Gasteiger partial charge on any atom is -0.457 e. The largest absolute Gasteiger partial charge is 0.457 e. The number of rotatable bonds is 9. The maximum atomic E-state index is 13.8. The molecule has 0 fully saturated rings. The topological polar surface area (TPSA) is 75.7 Å². The van der Waals surface area contributed by atoms with Crippen LogP contribution in [0.15, 0.2) is 95.9 Å². The quantitative estimate of drug-likeness (QED) is 0.253. The lowest BCUT2D eigenvalue weighted by molar-refractivity contribution is -0.120. The Balaban J connectivity index is 1.61. The van der Waals surface area contributed by atoms with Crippen molar-refractivity contribution in [2.75, 3.05) is 10.8 Å². The number of carbonyl (C=O) groups is 1. The van der Waals surface area contributed by atoms with E-state index in [1.807, 2.05) is 58.0 Å². The molecule has 4 aromatic carbocycles. The van der Waals surface area contributed by atoms with Gasteiger partial charge < -0.3 is 10.1 Å². The van der Waals surface area contributed by atoms with Crippen LogP contribution in [0.2, 0.25) is 0 Å². The third-order valence-electron chi connectivity index (χ3n) is 6.73. The Morgan fingerprint density at radius 3 is 2.03 bits per heavy atom. The van der Waals surface area contributed by atoms with Crippen molar-refractivity contribution in [2.45, 2.75) is 45.6 Å². The van der Waals surface area contributed by atoms with Gasteiger partial charge in [-0.05, 0) is 105 Å². The van der Waals surface area contributed by atoms with E-state index in [1.165, 1.54) is 5.56 Å². The number of hydrogen-bond donors (Lipinski definition) is 1. The predicted octanol–water partition coefficient (Wildman–Crippen LogP) is 6.79. The summed E-state index contributed by atoms with van der Waals surface area (Å²) in [7, 11) is -4.03. The van der Waals surface area contributed by atoms with Crippen LogP contribution in [0.4, 0.5) is 5.69 Å². The summed E-state index contributed by atoms with van der Waals surface area (Å²) in [5.41, 5.74) is 5.70. The van der Waals surface area contributed by atoms with Gasteiger partial charge >= 0.3 is 0 Å². The van der Waals surface area contributed by atoms with Crippen LogP contribution in [0.3, 0.4) is 0 Å². The summed E-state index contributed by atoms with van der Waals surface area (Å²) >= 11 is 0. The van der Waals surface area contributed by atoms with Crippen molar-refractivity contribution in [3.63, 3.8) is 0 Å². The first-order valence-electron chi connectivity index (χ1n) is 12.8. The van der Waals surface area contributed by atoms with Crippen LogP contribution in [0.25, 0.3) is 0 Å². The molecule has 0 spiro atoms. The number of para-hydroxylation sites is 1. The minimum atomic E-state index is -4.03. The molecular weight excluding hydrogens is 508 g/mol. The van der Waals surface area contributed by atoms with Crippen molar-refractivity contribution in [1.82, 2.24) is 5.32 Å². The van der Waals surface area contributed by atoms with Gasteiger partial charge in [-0.15, -0.1) is 0 Å². The molecule has 0 radical (unpaired) electrons. The van der Waals surface area contributed by atoms with Crippen LogP contribution < -0.4 is 14.4 Å². The smallest absolute Gasteiger partial charge is 0.264 e. The van der Waals surface area contributed by atoms with Crippen molar-refractivity contribution in [3.8, 4) is 11.5 Å². The molecule has 202 valence electrons. The maximum Gasteiger partial charge on any atom is 0.264 e. The van der Waals surface area contributed by atoms with Gasteiger partial charge in [0.2, 0.25) is 5.91 Å². The lowest BCUT2D eigenvalue weighted by Crippen LogP contribution is -2.41. The molecule has 1 unspecified atom stereocenters. The van der Waals surface area contributed by atoms with Crippen LogP contribution in [0.1, 0.15) is 40.8 Å². The van der Waals surface area contributed by atoms with Gasteiger partial charge in [0.25, 0.3) is 10.0 Å². The van der Waals surface area contributed by atoms with E-state index in [0.717, 1.165) is 26.6 Å². The van der Waals surface area contributed by atoms with Crippen molar-refractivity contribution >= 4 is 21.6 Å². The first kappa shape index (κ1) is 27.9. The molecule has 39 heavy (non-hydrogen) atoms. The predicted molar refractivity (Wildman–Crippen MR) is 156 cm³/mol. The zero-order valence-corrected chi connectivity index (χ0v) is 23.7. The number of aryl methyl sites for hydroxylation is 4. The minimum absolute atomic E-state index is 0.114. The van der Waals surface area contributed by atoms with E-state index in [0.29, 0.717) is 17.2 Å². The van der Waals surface area contributed by atoms with Crippen LogP contribution in [-0.2, 0) is 14.8 Å². The third-order valence-corrected chi connectivity index (χ3v) is 8.51. The Kier molecular flexibility index (Phi) is 8.41. The third kappa shape index (κ3) is 6.67. The highest BCUT2D eigenvalue weighted by Crippen LogP contribution is 2.28. The number of hydrogen-bond acceptors (Lipinski definition) is 4. The fourth-order valence-corrected chi connectivity index (χ4v) is 5.82. The number of nitrogens with zero attached hydrogens (tertiary/aromatic N) is 1. The average Bonchev–Trinajstić information content (AvgIpc) is 2.90. The van der Waals surface area contributed by atoms with Crippen LogP contribution in [0, 0.1) is 27.7 Å². The first-order valence-corrected chi connectivity index (χ1v) is 14.3. The van der Waals surface area contributed by atoms with Gasteiger partial charge in [-0.3, -0.25) is 9.10 Å². The van der Waals surface area contributed by atoms with Gasteiger partial charge in [0, 0.05) is 0 Å². The SMILES string of the molecule is Cc1ccc(S(=O)(=O)N(CC(=O)NC(C)c2cc(C)c(C)cc2C)c2ccc(Oc3ccccc3)cc2)cc1. The number of nitrogens with one attached hydrogen (secondary N) is 1. The number of carbonyl (C=O) groups excluding carboxylic acids is 1. The van der Waals surface area contributed by atoms with E-state index in [-0.39, 0.29) is 17.5 Å². The highest BCUT2D eigenvalue weighted by atomic mass is 32.2. The summed E-state index contributed by atoms with van der Waals surface area (Å²) in [6.45, 7) is 9.53. The van der Waals surface area contributed by atoms with E-state index in [4.69, 9.17) is 4.74 Å². The second-order valence-electron chi connectivity index (χ2n) is 9.82. The molecule has 0 heterocycles. The molecule has 1 N–H and O–H groups in total. The van der Waals surface area contributed by atoms with Gasteiger partial charge in [0.1, 0.15) is 18.0 Å². The zero-order valence-electron chi connectivity index (χ0n) is 22.9.